The van der Waals surface area contributed by atoms with Crippen molar-refractivity contribution in [1.29, 1.82) is 0 Å². The van der Waals surface area contributed by atoms with Gasteiger partial charge in [-0.15, -0.1) is 0 Å². The normalized spacial score (nSPS) is 13.1. The predicted octanol–water partition coefficient (Wildman–Crippen LogP) is 5.09. The van der Waals surface area contributed by atoms with Gasteiger partial charge in [0.2, 0.25) is 11.8 Å². The van der Waals surface area contributed by atoms with Gasteiger partial charge in [-0.05, 0) is 47.2 Å². The first-order valence-corrected chi connectivity index (χ1v) is 18.7. The Bertz CT molecular complexity index is 1780. The van der Waals surface area contributed by atoms with Crippen molar-refractivity contribution < 1.29 is 42.3 Å². The largest absolute Gasteiger partial charge is 0.464 e. The molecule has 280 valence electrons. The Morgan fingerprint density at radius 2 is 1.34 bits per heavy atom. The highest BCUT2D eigenvalue weighted by atomic mass is 31.2. The summed E-state index contributed by atoms with van der Waals surface area (Å²) in [5.74, 6) is -3.32. The summed E-state index contributed by atoms with van der Waals surface area (Å²) < 4.78 is 36.9. The van der Waals surface area contributed by atoms with Crippen LogP contribution >= 0.6 is 7.60 Å². The molecule has 3 atom stereocenters. The lowest BCUT2D eigenvalue weighted by atomic mass is 10.1. The smallest absolute Gasteiger partial charge is 0.410 e. The van der Waals surface area contributed by atoms with E-state index in [1.165, 1.54) is 14.2 Å². The number of nitrogens with one attached hydrogen (secondary N) is 2. The van der Waals surface area contributed by atoms with E-state index in [0.29, 0.717) is 18.4 Å². The highest BCUT2D eigenvalue weighted by Gasteiger charge is 2.41. The van der Waals surface area contributed by atoms with Crippen LogP contribution in [0, 0.1) is 0 Å². The average Bonchev–Trinajstić information content (AvgIpc) is 3.18. The summed E-state index contributed by atoms with van der Waals surface area (Å²) in [4.78, 5) is 56.8. The summed E-state index contributed by atoms with van der Waals surface area (Å²) in [5, 5.41) is 5.14. The molecule has 14 heteroatoms. The third-order valence-corrected chi connectivity index (χ3v) is 10.1. The van der Waals surface area contributed by atoms with Crippen molar-refractivity contribution in [3.8, 4) is 0 Å². The van der Waals surface area contributed by atoms with Crippen LogP contribution in [0.5, 0.6) is 0 Å². The number of likely N-dealkylation sites (N-methyl/N-ethyl adjacent to an activating group) is 1. The SMILES string of the molecule is COP(=O)(O[C@@H](Cc1ccccc1)C(=O)OCCCc1ccncc1)[C@H](Cc1ccccc1)NC(=O)CNC(=O)CN(C)C(=O)OCc1ccccc1. The molecule has 0 saturated heterocycles. The van der Waals surface area contributed by atoms with Gasteiger partial charge in [0, 0.05) is 39.4 Å². The molecule has 0 saturated carbocycles. The number of hydrogen-bond acceptors (Lipinski definition) is 10. The number of ether oxygens (including phenoxy) is 2. The van der Waals surface area contributed by atoms with Gasteiger partial charge in [-0.2, -0.15) is 0 Å². The summed E-state index contributed by atoms with van der Waals surface area (Å²) >= 11 is 0. The van der Waals surface area contributed by atoms with E-state index in [4.69, 9.17) is 18.5 Å². The maximum atomic E-state index is 14.5. The molecular formula is C39H45N4O9P. The second kappa shape index (κ2) is 21.2. The fraction of sp³-hybridized carbons (Fsp3) is 0.308. The van der Waals surface area contributed by atoms with E-state index < -0.39 is 49.9 Å². The van der Waals surface area contributed by atoms with Crippen LogP contribution in [0.15, 0.2) is 116 Å². The van der Waals surface area contributed by atoms with Crippen molar-refractivity contribution in [2.45, 2.75) is 44.2 Å². The first kappa shape index (κ1) is 40.4. The van der Waals surface area contributed by atoms with Gasteiger partial charge in [0.1, 0.15) is 18.9 Å². The van der Waals surface area contributed by atoms with Crippen molar-refractivity contribution in [1.82, 2.24) is 20.5 Å². The summed E-state index contributed by atoms with van der Waals surface area (Å²) in [6.45, 7) is -0.751. The van der Waals surface area contributed by atoms with Crippen molar-refractivity contribution in [3.05, 3.63) is 138 Å². The molecule has 0 radical (unpaired) electrons. The number of benzene rings is 3. The van der Waals surface area contributed by atoms with Gasteiger partial charge >= 0.3 is 19.7 Å². The molecule has 3 aromatic carbocycles. The highest BCUT2D eigenvalue weighted by Crippen LogP contribution is 2.53. The fourth-order valence-electron chi connectivity index (χ4n) is 5.16. The van der Waals surface area contributed by atoms with Gasteiger partial charge in [0.05, 0.1) is 13.2 Å². The zero-order valence-electron chi connectivity index (χ0n) is 29.8. The minimum atomic E-state index is -4.30. The first-order chi connectivity index (χ1) is 25.6. The number of esters is 1. The van der Waals surface area contributed by atoms with Crippen LogP contribution in [-0.2, 0) is 63.3 Å². The van der Waals surface area contributed by atoms with Crippen LogP contribution in [0.25, 0.3) is 0 Å². The zero-order chi connectivity index (χ0) is 37.9. The summed E-state index contributed by atoms with van der Waals surface area (Å²) in [6.07, 6.45) is 2.57. The lowest BCUT2D eigenvalue weighted by molar-refractivity contribution is -0.152. The number of rotatable bonds is 20. The van der Waals surface area contributed by atoms with Gasteiger partial charge < -0.3 is 29.5 Å². The number of aryl methyl sites for hydroxylation is 1. The van der Waals surface area contributed by atoms with E-state index in [-0.39, 0.29) is 32.6 Å². The molecule has 0 bridgehead atoms. The Balaban J connectivity index is 1.41. The Labute approximate surface area is 309 Å². The molecule has 2 N–H and O–H groups in total. The topological polar surface area (TPSA) is 162 Å². The van der Waals surface area contributed by atoms with Crippen LogP contribution in [-0.4, -0.2) is 79.5 Å². The minimum Gasteiger partial charge on any atom is -0.464 e. The van der Waals surface area contributed by atoms with Gasteiger partial charge in [-0.25, -0.2) is 9.59 Å². The van der Waals surface area contributed by atoms with Gasteiger partial charge in [0.25, 0.3) is 0 Å². The van der Waals surface area contributed by atoms with Crippen LogP contribution in [0.2, 0.25) is 0 Å². The van der Waals surface area contributed by atoms with E-state index >= 15 is 0 Å². The van der Waals surface area contributed by atoms with Gasteiger partial charge in [-0.1, -0.05) is 91.0 Å². The molecule has 0 aliphatic heterocycles. The fourth-order valence-corrected chi connectivity index (χ4v) is 6.90. The van der Waals surface area contributed by atoms with E-state index in [9.17, 15) is 23.7 Å². The Hall–Kier alpha value is -5.36. The van der Waals surface area contributed by atoms with E-state index in [0.717, 1.165) is 21.6 Å². The number of nitrogens with zero attached hydrogens (tertiary/aromatic N) is 2. The summed E-state index contributed by atoms with van der Waals surface area (Å²) in [7, 11) is -1.73. The third kappa shape index (κ3) is 13.9. The Kier molecular flexibility index (Phi) is 16.2. The number of aromatic nitrogens is 1. The monoisotopic (exact) mass is 744 g/mol. The first-order valence-electron chi connectivity index (χ1n) is 17.1. The quantitative estimate of drug-likeness (QED) is 0.0708. The average molecular weight is 745 g/mol. The van der Waals surface area contributed by atoms with Crippen molar-refractivity contribution >= 4 is 31.5 Å². The van der Waals surface area contributed by atoms with Crippen LogP contribution in [0.3, 0.4) is 0 Å². The summed E-state index contributed by atoms with van der Waals surface area (Å²) in [6, 6.07) is 30.9. The molecule has 0 fully saturated rings. The standard InChI is InChI=1S/C39H45N4O9P/c1-43(39(47)51-29-33-17-10-5-11-18-33)28-36(45)41-27-35(44)42-37(26-32-15-8-4-9-16-32)53(48,49-2)52-34(25-31-13-6-3-7-14-31)38(46)50-24-12-19-30-20-22-40-23-21-30/h3-11,13-18,20-23,34,37H,12,19,24-29H2,1-2H3,(H,41,45)(H,42,44)/t34-,37+,53?/m0/s1. The number of carbonyl (C=O) groups is 4. The molecular weight excluding hydrogens is 699 g/mol. The predicted molar refractivity (Wildman–Crippen MR) is 197 cm³/mol. The summed E-state index contributed by atoms with van der Waals surface area (Å²) in [5.41, 5.74) is 3.27. The third-order valence-electron chi connectivity index (χ3n) is 7.98. The molecule has 0 aliphatic carbocycles. The molecule has 1 unspecified atom stereocenters. The lowest BCUT2D eigenvalue weighted by Crippen LogP contribution is -2.46. The maximum Gasteiger partial charge on any atom is 0.410 e. The van der Waals surface area contributed by atoms with Crippen LogP contribution in [0.4, 0.5) is 4.79 Å². The number of carbonyl (C=O) groups excluding carboxylic acids is 4. The lowest BCUT2D eigenvalue weighted by Gasteiger charge is -2.29. The van der Waals surface area contributed by atoms with E-state index in [1.807, 2.05) is 42.5 Å². The van der Waals surface area contributed by atoms with E-state index in [1.54, 1.807) is 73.1 Å². The van der Waals surface area contributed by atoms with Crippen LogP contribution < -0.4 is 10.6 Å². The highest BCUT2D eigenvalue weighted by molar-refractivity contribution is 7.54. The molecule has 1 aromatic heterocycles. The molecule has 13 nitrogen and oxygen atoms in total. The maximum absolute atomic E-state index is 14.5. The number of amides is 3. The molecule has 1 heterocycles. The second-order valence-corrected chi connectivity index (χ2v) is 14.4. The molecule has 3 amide bonds. The number of hydrogen-bond donors (Lipinski definition) is 2. The van der Waals surface area contributed by atoms with Crippen LogP contribution in [0.1, 0.15) is 28.7 Å². The molecule has 4 aromatic rings. The zero-order valence-corrected chi connectivity index (χ0v) is 30.7. The van der Waals surface area contributed by atoms with Gasteiger partial charge in [0.15, 0.2) is 6.10 Å². The molecule has 53 heavy (non-hydrogen) atoms. The van der Waals surface area contributed by atoms with Crippen molar-refractivity contribution in [2.24, 2.45) is 0 Å². The minimum absolute atomic E-state index is 0.0146. The number of pyridine rings is 1. The Morgan fingerprint density at radius 1 is 0.755 bits per heavy atom. The molecule has 0 aliphatic rings. The van der Waals surface area contributed by atoms with Crippen molar-refractivity contribution in [2.75, 3.05) is 33.9 Å². The van der Waals surface area contributed by atoms with E-state index in [2.05, 4.69) is 15.6 Å². The molecule has 0 spiro atoms. The van der Waals surface area contributed by atoms with Gasteiger partial charge in [-0.3, -0.25) is 23.7 Å². The second-order valence-electron chi connectivity index (χ2n) is 12.1. The Morgan fingerprint density at radius 3 is 1.94 bits per heavy atom. The van der Waals surface area contributed by atoms with Crippen molar-refractivity contribution in [3.63, 3.8) is 0 Å². The molecule has 4 rings (SSSR count).